The van der Waals surface area contributed by atoms with Crippen molar-refractivity contribution in [3.8, 4) is 0 Å². The molecular formula is C16H35Cl2N3O2. The number of ether oxygens (including phenoxy) is 1. The summed E-state index contributed by atoms with van der Waals surface area (Å²) in [4.78, 5) is 14.8. The van der Waals surface area contributed by atoms with Crippen molar-refractivity contribution < 1.29 is 9.53 Å². The Morgan fingerprint density at radius 2 is 1.87 bits per heavy atom. The number of nitrogens with one attached hydrogen (secondary N) is 1. The first-order chi connectivity index (χ1) is 9.83. The maximum Gasteiger partial charge on any atom is 0.240 e. The molecule has 0 spiro atoms. The third-order valence-electron chi connectivity index (χ3n) is 4.94. The first-order valence-electron chi connectivity index (χ1n) is 8.24. The number of hydrogen-bond acceptors (Lipinski definition) is 4. The van der Waals surface area contributed by atoms with Crippen molar-refractivity contribution >= 4 is 30.7 Å². The van der Waals surface area contributed by atoms with E-state index in [1.54, 1.807) is 0 Å². The monoisotopic (exact) mass is 371 g/mol. The minimum Gasteiger partial charge on any atom is -0.378 e. The predicted octanol–water partition coefficient (Wildman–Crippen LogP) is 2.21. The molecule has 0 heterocycles. The molecule has 2 unspecified atom stereocenters. The normalized spacial score (nSPS) is 25.1. The quantitative estimate of drug-likeness (QED) is 0.651. The highest BCUT2D eigenvalue weighted by atomic mass is 35.5. The lowest BCUT2D eigenvalue weighted by molar-refractivity contribution is -0.170. The van der Waals surface area contributed by atoms with Gasteiger partial charge in [0, 0.05) is 31.5 Å². The number of carbonyl (C=O) groups is 1. The lowest BCUT2D eigenvalue weighted by atomic mass is 9.54. The Morgan fingerprint density at radius 3 is 2.30 bits per heavy atom. The van der Waals surface area contributed by atoms with Gasteiger partial charge in [0.05, 0.1) is 6.10 Å². The summed E-state index contributed by atoms with van der Waals surface area (Å²) in [5, 5.41) is 3.01. The number of nitrogens with zero attached hydrogens (tertiary/aromatic N) is 1. The van der Waals surface area contributed by atoms with Crippen LogP contribution in [0.3, 0.4) is 0 Å². The zero-order valence-corrected chi connectivity index (χ0v) is 16.8. The van der Waals surface area contributed by atoms with E-state index >= 15 is 0 Å². The molecule has 1 aliphatic carbocycles. The van der Waals surface area contributed by atoms with Gasteiger partial charge < -0.3 is 20.7 Å². The van der Waals surface area contributed by atoms with Crippen molar-refractivity contribution in [2.45, 2.75) is 59.1 Å². The van der Waals surface area contributed by atoms with Crippen LogP contribution in [0, 0.1) is 5.41 Å². The van der Waals surface area contributed by atoms with Gasteiger partial charge >= 0.3 is 0 Å². The second-order valence-electron chi connectivity index (χ2n) is 6.53. The molecule has 1 amide bonds. The van der Waals surface area contributed by atoms with Crippen molar-refractivity contribution in [2.24, 2.45) is 11.1 Å². The average Bonchev–Trinajstić information content (AvgIpc) is 2.45. The highest BCUT2D eigenvalue weighted by Gasteiger charge is 2.62. The Balaban J connectivity index is 0. The standard InChI is InChI=1S/C16H33N3O2.2ClH/c1-6-10-19(7-2)11-9-18-14(20)16(17)12-13(21-8-3)15(16,4)5;;/h13H,6-12,17H2,1-5H3,(H,18,20);2*1H. The molecule has 7 heteroatoms. The van der Waals surface area contributed by atoms with Crippen LogP contribution in [-0.4, -0.2) is 55.2 Å². The van der Waals surface area contributed by atoms with Crippen LogP contribution in [0.1, 0.15) is 47.5 Å². The lowest BCUT2D eigenvalue weighted by Gasteiger charge is -2.57. The minimum absolute atomic E-state index is 0. The fraction of sp³-hybridized carbons (Fsp3) is 0.938. The summed E-state index contributed by atoms with van der Waals surface area (Å²) in [6, 6.07) is 0. The van der Waals surface area contributed by atoms with Crippen molar-refractivity contribution in [1.29, 1.82) is 0 Å². The number of halogens is 2. The van der Waals surface area contributed by atoms with E-state index in [1.807, 2.05) is 20.8 Å². The summed E-state index contributed by atoms with van der Waals surface area (Å²) in [7, 11) is 0. The van der Waals surface area contributed by atoms with Gasteiger partial charge in [0.25, 0.3) is 0 Å². The maximum absolute atomic E-state index is 12.4. The lowest BCUT2D eigenvalue weighted by Crippen LogP contribution is -2.75. The molecular weight excluding hydrogens is 337 g/mol. The van der Waals surface area contributed by atoms with E-state index in [1.165, 1.54) is 0 Å². The minimum atomic E-state index is -0.811. The van der Waals surface area contributed by atoms with Crippen LogP contribution in [0.4, 0.5) is 0 Å². The van der Waals surface area contributed by atoms with Crippen molar-refractivity contribution in [2.75, 3.05) is 32.8 Å². The molecule has 140 valence electrons. The number of nitrogens with two attached hydrogens (primary N) is 1. The fourth-order valence-corrected chi connectivity index (χ4v) is 3.05. The van der Waals surface area contributed by atoms with Crippen LogP contribution in [-0.2, 0) is 9.53 Å². The van der Waals surface area contributed by atoms with Gasteiger partial charge in [0.2, 0.25) is 5.91 Å². The van der Waals surface area contributed by atoms with E-state index in [2.05, 4.69) is 24.1 Å². The third kappa shape index (κ3) is 5.46. The average molecular weight is 372 g/mol. The van der Waals surface area contributed by atoms with Gasteiger partial charge in [-0.25, -0.2) is 0 Å². The second-order valence-corrected chi connectivity index (χ2v) is 6.53. The Hall–Kier alpha value is -0.0700. The van der Waals surface area contributed by atoms with Gasteiger partial charge in [-0.05, 0) is 26.4 Å². The molecule has 0 bridgehead atoms. The Morgan fingerprint density at radius 1 is 1.26 bits per heavy atom. The number of carbonyl (C=O) groups excluding carboxylic acids is 1. The number of rotatable bonds is 9. The third-order valence-corrected chi connectivity index (χ3v) is 4.94. The Labute approximate surface area is 153 Å². The summed E-state index contributed by atoms with van der Waals surface area (Å²) >= 11 is 0. The molecule has 0 aliphatic heterocycles. The van der Waals surface area contributed by atoms with Gasteiger partial charge in [-0.3, -0.25) is 4.79 Å². The highest BCUT2D eigenvalue weighted by Crippen LogP contribution is 2.49. The largest absolute Gasteiger partial charge is 0.378 e. The molecule has 5 nitrogen and oxygen atoms in total. The smallest absolute Gasteiger partial charge is 0.240 e. The van der Waals surface area contributed by atoms with Gasteiger partial charge in [0.1, 0.15) is 5.54 Å². The Bertz CT molecular complexity index is 356. The van der Waals surface area contributed by atoms with Crippen LogP contribution < -0.4 is 11.1 Å². The van der Waals surface area contributed by atoms with Gasteiger partial charge in [-0.1, -0.05) is 27.7 Å². The molecule has 0 saturated heterocycles. The topological polar surface area (TPSA) is 67.6 Å². The van der Waals surface area contributed by atoms with E-state index in [0.717, 1.165) is 26.1 Å². The molecule has 0 aromatic heterocycles. The van der Waals surface area contributed by atoms with E-state index in [4.69, 9.17) is 10.5 Å². The molecule has 3 N–H and O–H groups in total. The maximum atomic E-state index is 12.4. The molecule has 1 fully saturated rings. The van der Waals surface area contributed by atoms with Crippen LogP contribution in [0.2, 0.25) is 0 Å². The SMILES string of the molecule is CCCN(CC)CCNC(=O)C1(N)CC(OCC)C1(C)C.Cl.Cl. The summed E-state index contributed by atoms with van der Waals surface area (Å²) in [5.41, 5.74) is 5.22. The summed E-state index contributed by atoms with van der Waals surface area (Å²) in [5.74, 6) is -0.0454. The second kappa shape index (κ2) is 10.7. The van der Waals surface area contributed by atoms with Gasteiger partial charge in [-0.15, -0.1) is 24.8 Å². The molecule has 1 aliphatic rings. The molecule has 0 aromatic carbocycles. The molecule has 23 heavy (non-hydrogen) atoms. The molecule has 0 aromatic rings. The van der Waals surface area contributed by atoms with Crippen molar-refractivity contribution in [3.63, 3.8) is 0 Å². The van der Waals surface area contributed by atoms with Gasteiger partial charge in [-0.2, -0.15) is 0 Å². The molecule has 2 atom stereocenters. The highest BCUT2D eigenvalue weighted by molar-refractivity contribution is 5.88. The van der Waals surface area contributed by atoms with E-state index < -0.39 is 5.54 Å². The molecule has 1 rings (SSSR count). The van der Waals surface area contributed by atoms with E-state index in [0.29, 0.717) is 19.6 Å². The first-order valence-corrected chi connectivity index (χ1v) is 8.24. The number of likely N-dealkylation sites (N-methyl/N-ethyl adjacent to an activating group) is 1. The number of hydrogen-bond donors (Lipinski definition) is 2. The van der Waals surface area contributed by atoms with Crippen LogP contribution >= 0.6 is 24.8 Å². The van der Waals surface area contributed by atoms with E-state index in [-0.39, 0.29) is 42.2 Å². The predicted molar refractivity (Wildman–Crippen MR) is 101 cm³/mol. The Kier molecular flexibility index (Phi) is 11.7. The van der Waals surface area contributed by atoms with Crippen LogP contribution in [0.15, 0.2) is 0 Å². The zero-order chi connectivity index (χ0) is 16.1. The molecule has 0 radical (unpaired) electrons. The zero-order valence-electron chi connectivity index (χ0n) is 15.2. The van der Waals surface area contributed by atoms with Crippen LogP contribution in [0.5, 0.6) is 0 Å². The van der Waals surface area contributed by atoms with Crippen molar-refractivity contribution in [3.05, 3.63) is 0 Å². The molecule has 1 saturated carbocycles. The van der Waals surface area contributed by atoms with Gasteiger partial charge in [0.15, 0.2) is 0 Å². The number of amides is 1. The summed E-state index contributed by atoms with van der Waals surface area (Å²) in [6.45, 7) is 14.6. The van der Waals surface area contributed by atoms with E-state index in [9.17, 15) is 4.79 Å². The van der Waals surface area contributed by atoms with Crippen molar-refractivity contribution in [1.82, 2.24) is 10.2 Å². The van der Waals surface area contributed by atoms with Crippen LogP contribution in [0.25, 0.3) is 0 Å². The summed E-state index contributed by atoms with van der Waals surface area (Å²) < 4.78 is 5.66. The summed E-state index contributed by atoms with van der Waals surface area (Å²) in [6.07, 6.45) is 1.81. The fourth-order valence-electron chi connectivity index (χ4n) is 3.05. The first kappa shape index (κ1) is 25.2.